The van der Waals surface area contributed by atoms with Gasteiger partial charge in [0.05, 0.1) is 38.0 Å². The number of aromatic nitrogens is 1. The van der Waals surface area contributed by atoms with Crippen LogP contribution in [0.3, 0.4) is 0 Å². The Hall–Kier alpha value is -2.92. The number of alkyl halides is 1. The van der Waals surface area contributed by atoms with E-state index in [0.717, 1.165) is 29.6 Å². The van der Waals surface area contributed by atoms with Gasteiger partial charge in [-0.05, 0) is 24.6 Å². The molecule has 0 aliphatic carbocycles. The summed E-state index contributed by atoms with van der Waals surface area (Å²) in [5.74, 6) is 0.533. The number of methoxy groups -OCH3 is 1. The number of hydrogen-bond acceptors (Lipinski definition) is 6. The second-order valence-corrected chi connectivity index (χ2v) is 7.64. The summed E-state index contributed by atoms with van der Waals surface area (Å²) in [5, 5.41) is 13.7. The predicted octanol–water partition coefficient (Wildman–Crippen LogP) is 2.19. The number of nitrogens with one attached hydrogen (secondary N) is 1. The molecule has 8 heteroatoms. The van der Waals surface area contributed by atoms with Crippen molar-refractivity contribution in [3.63, 3.8) is 0 Å². The molecule has 2 aliphatic heterocycles. The molecule has 1 N–H and O–H groups in total. The van der Waals surface area contributed by atoms with Crippen LogP contribution < -0.4 is 10.1 Å². The lowest BCUT2D eigenvalue weighted by Crippen LogP contribution is -2.42. The van der Waals surface area contributed by atoms with E-state index in [4.69, 9.17) is 10.00 Å². The fourth-order valence-corrected chi connectivity index (χ4v) is 4.15. The van der Waals surface area contributed by atoms with Crippen LogP contribution in [0.1, 0.15) is 12.8 Å². The van der Waals surface area contributed by atoms with E-state index in [1.165, 1.54) is 4.90 Å². The fourth-order valence-electron chi connectivity index (χ4n) is 4.15. The normalized spacial score (nSPS) is 24.6. The van der Waals surface area contributed by atoms with E-state index in [2.05, 4.69) is 15.2 Å². The summed E-state index contributed by atoms with van der Waals surface area (Å²) < 4.78 is 18.9. The van der Waals surface area contributed by atoms with Gasteiger partial charge in [0, 0.05) is 36.6 Å². The molecule has 2 aromatic rings. The molecule has 0 saturated carbocycles. The first-order valence-electron chi connectivity index (χ1n) is 9.82. The van der Waals surface area contributed by atoms with Crippen LogP contribution in [0.25, 0.3) is 10.9 Å². The third-order valence-electron chi connectivity index (χ3n) is 5.65. The highest BCUT2D eigenvalue weighted by Gasteiger charge is 2.36. The first-order valence-corrected chi connectivity index (χ1v) is 9.82. The van der Waals surface area contributed by atoms with Crippen molar-refractivity contribution in [2.45, 2.75) is 31.1 Å². The molecule has 2 aliphatic rings. The number of pyridine rings is 1. The van der Waals surface area contributed by atoms with Gasteiger partial charge in [-0.15, -0.1) is 0 Å². The summed E-state index contributed by atoms with van der Waals surface area (Å²) >= 11 is 0. The summed E-state index contributed by atoms with van der Waals surface area (Å²) in [5.41, 5.74) is 1.87. The average Bonchev–Trinajstić information content (AvgIpc) is 3.33. The zero-order valence-corrected chi connectivity index (χ0v) is 16.3. The van der Waals surface area contributed by atoms with Crippen molar-refractivity contribution in [2.75, 3.05) is 38.6 Å². The monoisotopic (exact) mass is 397 g/mol. The minimum Gasteiger partial charge on any atom is -0.495 e. The quantitative estimate of drug-likeness (QED) is 0.833. The van der Waals surface area contributed by atoms with Crippen LogP contribution >= 0.6 is 0 Å². The van der Waals surface area contributed by atoms with E-state index >= 15 is 0 Å². The van der Waals surface area contributed by atoms with Gasteiger partial charge in [0.2, 0.25) is 5.91 Å². The van der Waals surface area contributed by atoms with Gasteiger partial charge in [-0.25, -0.2) is 4.39 Å². The smallest absolute Gasteiger partial charge is 0.237 e. The SMILES string of the molecule is COc1cnc2cccc(N[C@H]3CCN(CC(=O)N4C[C@@H](F)C[C@H]4C#N)C3)c2c1. The first-order chi connectivity index (χ1) is 14.1. The summed E-state index contributed by atoms with van der Waals surface area (Å²) in [6.45, 7) is 1.73. The first kappa shape index (κ1) is 19.4. The molecule has 0 radical (unpaired) electrons. The number of likely N-dealkylation sites (tertiary alicyclic amines) is 2. The Kier molecular flexibility index (Phi) is 5.49. The van der Waals surface area contributed by atoms with Crippen LogP contribution in [0.15, 0.2) is 30.5 Å². The molecular formula is C21H24FN5O2. The molecule has 152 valence electrons. The van der Waals surface area contributed by atoms with Crippen molar-refractivity contribution >= 4 is 22.5 Å². The number of carbonyl (C=O) groups is 1. The number of anilines is 1. The van der Waals surface area contributed by atoms with E-state index in [-0.39, 0.29) is 31.5 Å². The van der Waals surface area contributed by atoms with Gasteiger partial charge in [-0.3, -0.25) is 14.7 Å². The zero-order chi connectivity index (χ0) is 20.4. The molecule has 2 saturated heterocycles. The third kappa shape index (κ3) is 4.10. The fraction of sp³-hybridized carbons (Fsp3) is 0.476. The van der Waals surface area contributed by atoms with Crippen molar-refractivity contribution in [1.29, 1.82) is 5.26 Å². The van der Waals surface area contributed by atoms with Crippen LogP contribution in [0.5, 0.6) is 5.75 Å². The van der Waals surface area contributed by atoms with Gasteiger partial charge in [0.25, 0.3) is 0 Å². The number of amides is 1. The maximum atomic E-state index is 13.6. The Morgan fingerprint density at radius 3 is 3.10 bits per heavy atom. The van der Waals surface area contributed by atoms with Crippen molar-refractivity contribution in [3.8, 4) is 11.8 Å². The molecule has 1 aromatic heterocycles. The van der Waals surface area contributed by atoms with Gasteiger partial charge in [-0.2, -0.15) is 5.26 Å². The lowest BCUT2D eigenvalue weighted by molar-refractivity contribution is -0.132. The number of carbonyl (C=O) groups excluding carboxylic acids is 1. The Balaban J connectivity index is 1.39. The van der Waals surface area contributed by atoms with Crippen LogP contribution in [0, 0.1) is 11.3 Å². The number of nitriles is 1. The van der Waals surface area contributed by atoms with E-state index in [0.29, 0.717) is 12.3 Å². The highest BCUT2D eigenvalue weighted by molar-refractivity contribution is 5.92. The second kappa shape index (κ2) is 8.21. The van der Waals surface area contributed by atoms with Gasteiger partial charge in [0.15, 0.2) is 0 Å². The molecule has 3 atom stereocenters. The molecule has 1 aromatic carbocycles. The lowest BCUT2D eigenvalue weighted by Gasteiger charge is -2.23. The molecule has 2 fully saturated rings. The van der Waals surface area contributed by atoms with E-state index in [1.54, 1.807) is 13.3 Å². The van der Waals surface area contributed by atoms with Crippen LogP contribution in [-0.4, -0.2) is 72.2 Å². The standard InChI is InChI=1S/C21H24FN5O2/c1-29-17-8-18-19(24-10-17)3-2-4-20(18)25-15-5-6-26(12-15)13-21(28)27-11-14(22)7-16(27)9-23/h2-4,8,10,14-16,25H,5-7,11-13H2,1H3/t14-,15-,16-/m0/s1. The Bertz CT molecular complexity index is 946. The van der Waals surface area contributed by atoms with Crippen molar-refractivity contribution in [1.82, 2.24) is 14.8 Å². The molecule has 1 amide bonds. The number of fused-ring (bicyclic) bond motifs is 1. The molecular weight excluding hydrogens is 373 g/mol. The Labute approximate surface area is 169 Å². The van der Waals surface area contributed by atoms with Gasteiger partial charge < -0.3 is 15.0 Å². The number of hydrogen-bond donors (Lipinski definition) is 1. The average molecular weight is 397 g/mol. The van der Waals surface area contributed by atoms with Gasteiger partial charge in [-0.1, -0.05) is 6.07 Å². The number of halogens is 1. The Morgan fingerprint density at radius 1 is 1.45 bits per heavy atom. The Morgan fingerprint density at radius 2 is 2.31 bits per heavy atom. The maximum absolute atomic E-state index is 13.6. The molecule has 3 heterocycles. The number of benzene rings is 1. The van der Waals surface area contributed by atoms with Gasteiger partial charge >= 0.3 is 0 Å². The van der Waals surface area contributed by atoms with Crippen molar-refractivity contribution < 1.29 is 13.9 Å². The largest absolute Gasteiger partial charge is 0.495 e. The summed E-state index contributed by atoms with van der Waals surface area (Å²) in [6.07, 6.45) is 1.61. The number of ether oxygens (including phenoxy) is 1. The topological polar surface area (TPSA) is 81.5 Å². The van der Waals surface area contributed by atoms with Crippen molar-refractivity contribution in [3.05, 3.63) is 30.5 Å². The van der Waals surface area contributed by atoms with Crippen LogP contribution in [-0.2, 0) is 4.79 Å². The van der Waals surface area contributed by atoms with E-state index < -0.39 is 12.2 Å². The lowest BCUT2D eigenvalue weighted by atomic mass is 10.1. The minimum atomic E-state index is -1.10. The highest BCUT2D eigenvalue weighted by atomic mass is 19.1. The second-order valence-electron chi connectivity index (χ2n) is 7.64. The van der Waals surface area contributed by atoms with Crippen LogP contribution in [0.2, 0.25) is 0 Å². The third-order valence-corrected chi connectivity index (χ3v) is 5.65. The van der Waals surface area contributed by atoms with Gasteiger partial charge in [0.1, 0.15) is 18.0 Å². The molecule has 0 bridgehead atoms. The predicted molar refractivity (Wildman–Crippen MR) is 107 cm³/mol. The van der Waals surface area contributed by atoms with Crippen LogP contribution in [0.4, 0.5) is 10.1 Å². The minimum absolute atomic E-state index is 0.0252. The summed E-state index contributed by atoms with van der Waals surface area (Å²) in [7, 11) is 1.62. The molecule has 0 spiro atoms. The highest BCUT2D eigenvalue weighted by Crippen LogP contribution is 2.27. The molecule has 0 unspecified atom stereocenters. The molecule has 29 heavy (non-hydrogen) atoms. The molecule has 4 rings (SSSR count). The molecule has 7 nitrogen and oxygen atoms in total. The summed E-state index contributed by atoms with van der Waals surface area (Å²) in [4.78, 5) is 20.4. The number of rotatable bonds is 5. The van der Waals surface area contributed by atoms with E-state index in [9.17, 15) is 9.18 Å². The van der Waals surface area contributed by atoms with E-state index in [1.807, 2.05) is 30.3 Å². The zero-order valence-electron chi connectivity index (χ0n) is 16.3. The van der Waals surface area contributed by atoms with Crippen molar-refractivity contribution in [2.24, 2.45) is 0 Å². The number of nitrogens with zero attached hydrogens (tertiary/aromatic N) is 4. The maximum Gasteiger partial charge on any atom is 0.237 e. The summed E-state index contributed by atoms with van der Waals surface area (Å²) in [6, 6.07) is 9.48.